The molecular formula is C8H17N3O3S. The number of hydrogen-bond donors (Lipinski definition) is 3. The summed E-state index contributed by atoms with van der Waals surface area (Å²) in [6.45, 7) is 1.91. The Hall–Kier alpha value is -0.820. The summed E-state index contributed by atoms with van der Waals surface area (Å²) < 4.78 is 25.7. The van der Waals surface area contributed by atoms with Crippen LogP contribution in [0, 0.1) is 0 Å². The lowest BCUT2D eigenvalue weighted by Crippen LogP contribution is -2.45. The lowest BCUT2D eigenvalue weighted by molar-refractivity contribution is 0.315. The zero-order valence-corrected chi connectivity index (χ0v) is 9.50. The van der Waals surface area contributed by atoms with E-state index < -0.39 is 16.1 Å². The molecule has 6 nitrogen and oxygen atoms in total. The summed E-state index contributed by atoms with van der Waals surface area (Å²) in [5.74, 6) is -0.0823. The van der Waals surface area contributed by atoms with E-state index in [2.05, 4.69) is 9.88 Å². The summed E-state index contributed by atoms with van der Waals surface area (Å²) in [7, 11) is -3.29. The van der Waals surface area contributed by atoms with Crippen LogP contribution in [0.15, 0.2) is 5.16 Å². The number of nitrogens with zero attached hydrogens (tertiary/aromatic N) is 1. The molecule has 0 radical (unpaired) electrons. The van der Waals surface area contributed by atoms with Gasteiger partial charge in [-0.15, -0.1) is 0 Å². The van der Waals surface area contributed by atoms with Gasteiger partial charge in [-0.05, 0) is 19.3 Å². The molecule has 0 aromatic heterocycles. The molecule has 0 saturated heterocycles. The summed E-state index contributed by atoms with van der Waals surface area (Å²) in [5.41, 5.74) is 5.40. The predicted octanol–water partition coefficient (Wildman–Crippen LogP) is -0.0167. The Labute approximate surface area is 89.6 Å². The van der Waals surface area contributed by atoms with Gasteiger partial charge in [0.2, 0.25) is 10.0 Å². The smallest absolute Gasteiger partial charge is 0.215 e. The fourth-order valence-corrected chi connectivity index (χ4v) is 2.88. The van der Waals surface area contributed by atoms with Crippen molar-refractivity contribution in [2.24, 2.45) is 10.9 Å². The topological polar surface area (TPSA) is 105 Å². The molecule has 1 aliphatic carbocycles. The van der Waals surface area contributed by atoms with E-state index in [0.29, 0.717) is 19.3 Å². The third-order valence-corrected chi connectivity index (χ3v) is 4.28. The molecular weight excluding hydrogens is 218 g/mol. The summed E-state index contributed by atoms with van der Waals surface area (Å²) >= 11 is 0. The molecule has 0 aliphatic heterocycles. The summed E-state index contributed by atoms with van der Waals surface area (Å²) in [6.07, 6.45) is 2.69. The number of nitrogens with two attached hydrogens (primary N) is 1. The van der Waals surface area contributed by atoms with Gasteiger partial charge in [-0.2, -0.15) is 0 Å². The van der Waals surface area contributed by atoms with Gasteiger partial charge in [-0.1, -0.05) is 18.5 Å². The zero-order valence-electron chi connectivity index (χ0n) is 8.68. The largest absolute Gasteiger partial charge is 0.409 e. The highest BCUT2D eigenvalue weighted by molar-refractivity contribution is 7.90. The predicted molar refractivity (Wildman–Crippen MR) is 57.2 cm³/mol. The van der Waals surface area contributed by atoms with E-state index in [9.17, 15) is 8.42 Å². The SMILES string of the molecule is CCCC(NS(=O)(=O)C1CC1)C(N)=NO. The molecule has 1 rings (SSSR count). The summed E-state index contributed by atoms with van der Waals surface area (Å²) in [6, 6.07) is -0.592. The van der Waals surface area contributed by atoms with E-state index in [1.54, 1.807) is 0 Å². The van der Waals surface area contributed by atoms with Crippen molar-refractivity contribution < 1.29 is 13.6 Å². The molecule has 88 valence electrons. The maximum atomic E-state index is 11.6. The van der Waals surface area contributed by atoms with Crippen molar-refractivity contribution in [1.82, 2.24) is 4.72 Å². The van der Waals surface area contributed by atoms with Gasteiger partial charge in [0.1, 0.15) is 0 Å². The minimum absolute atomic E-state index is 0.0823. The number of hydrogen-bond acceptors (Lipinski definition) is 4. The van der Waals surface area contributed by atoms with Crippen LogP contribution in [0.25, 0.3) is 0 Å². The van der Waals surface area contributed by atoms with Crippen molar-refractivity contribution in [3.63, 3.8) is 0 Å². The Morgan fingerprint density at radius 2 is 2.27 bits per heavy atom. The lowest BCUT2D eigenvalue weighted by Gasteiger charge is -2.16. The maximum Gasteiger partial charge on any atom is 0.215 e. The first-order valence-electron chi connectivity index (χ1n) is 4.99. The van der Waals surface area contributed by atoms with E-state index in [-0.39, 0.29) is 11.1 Å². The third kappa shape index (κ3) is 3.35. The summed E-state index contributed by atoms with van der Waals surface area (Å²) in [4.78, 5) is 0. The number of oxime groups is 1. The zero-order chi connectivity index (χ0) is 11.5. The van der Waals surface area contributed by atoms with Gasteiger partial charge < -0.3 is 10.9 Å². The molecule has 1 aliphatic rings. The molecule has 0 heterocycles. The average Bonchev–Trinajstić information content (AvgIpc) is 2.99. The van der Waals surface area contributed by atoms with E-state index in [1.165, 1.54) is 0 Å². The van der Waals surface area contributed by atoms with Crippen molar-refractivity contribution in [2.75, 3.05) is 0 Å². The van der Waals surface area contributed by atoms with Crippen molar-refractivity contribution in [3.8, 4) is 0 Å². The molecule has 15 heavy (non-hydrogen) atoms. The van der Waals surface area contributed by atoms with Gasteiger partial charge in [0, 0.05) is 0 Å². The van der Waals surface area contributed by atoms with Crippen LogP contribution in [0.3, 0.4) is 0 Å². The molecule has 1 unspecified atom stereocenters. The third-order valence-electron chi connectivity index (χ3n) is 2.32. The van der Waals surface area contributed by atoms with Crippen LogP contribution < -0.4 is 10.5 Å². The molecule has 0 amide bonds. The first kappa shape index (κ1) is 12.3. The molecule has 0 spiro atoms. The molecule has 1 atom stereocenters. The van der Waals surface area contributed by atoms with Crippen LogP contribution in [-0.4, -0.2) is 30.8 Å². The summed E-state index contributed by atoms with van der Waals surface area (Å²) in [5, 5.41) is 11.1. The van der Waals surface area contributed by atoms with Crippen LogP contribution in [0.4, 0.5) is 0 Å². The van der Waals surface area contributed by atoms with E-state index in [0.717, 1.165) is 6.42 Å². The monoisotopic (exact) mass is 235 g/mol. The van der Waals surface area contributed by atoms with E-state index >= 15 is 0 Å². The van der Waals surface area contributed by atoms with Gasteiger partial charge in [0.15, 0.2) is 5.84 Å². The Morgan fingerprint density at radius 1 is 1.67 bits per heavy atom. The minimum Gasteiger partial charge on any atom is -0.409 e. The van der Waals surface area contributed by atoms with Gasteiger partial charge in [0.25, 0.3) is 0 Å². The van der Waals surface area contributed by atoms with Gasteiger partial charge in [-0.25, -0.2) is 13.1 Å². The molecule has 1 saturated carbocycles. The molecule has 4 N–H and O–H groups in total. The van der Waals surface area contributed by atoms with Crippen molar-refractivity contribution in [1.29, 1.82) is 0 Å². The molecule has 1 fully saturated rings. The van der Waals surface area contributed by atoms with E-state index in [1.807, 2.05) is 6.92 Å². The van der Waals surface area contributed by atoms with Gasteiger partial charge in [0.05, 0.1) is 11.3 Å². The second kappa shape index (κ2) is 4.80. The lowest BCUT2D eigenvalue weighted by atomic mass is 10.2. The Balaban J connectivity index is 2.65. The highest BCUT2D eigenvalue weighted by Gasteiger charge is 2.37. The number of rotatable bonds is 6. The van der Waals surface area contributed by atoms with Crippen molar-refractivity contribution >= 4 is 15.9 Å². The van der Waals surface area contributed by atoms with Crippen molar-refractivity contribution in [3.05, 3.63) is 0 Å². The molecule has 7 heteroatoms. The molecule has 0 aromatic rings. The molecule has 0 bridgehead atoms. The fraction of sp³-hybridized carbons (Fsp3) is 0.875. The maximum absolute atomic E-state index is 11.6. The normalized spacial score (nSPS) is 20.2. The van der Waals surface area contributed by atoms with Gasteiger partial charge in [-0.3, -0.25) is 0 Å². The molecule has 0 aromatic carbocycles. The highest BCUT2D eigenvalue weighted by atomic mass is 32.2. The Bertz CT molecular complexity index is 335. The average molecular weight is 235 g/mol. The highest BCUT2D eigenvalue weighted by Crippen LogP contribution is 2.27. The fourth-order valence-electron chi connectivity index (χ4n) is 1.30. The first-order valence-corrected chi connectivity index (χ1v) is 6.54. The van der Waals surface area contributed by atoms with Crippen molar-refractivity contribution in [2.45, 2.75) is 43.9 Å². The standard InChI is InChI=1S/C8H17N3O3S/c1-2-3-7(8(9)10-12)11-15(13,14)6-4-5-6/h6-7,11-12H,2-5H2,1H3,(H2,9,10). The minimum atomic E-state index is -3.29. The van der Waals surface area contributed by atoms with E-state index in [4.69, 9.17) is 10.9 Å². The number of amidine groups is 1. The van der Waals surface area contributed by atoms with Crippen LogP contribution >= 0.6 is 0 Å². The van der Waals surface area contributed by atoms with Crippen LogP contribution in [-0.2, 0) is 10.0 Å². The van der Waals surface area contributed by atoms with Crippen LogP contribution in [0.1, 0.15) is 32.6 Å². The first-order chi connectivity index (χ1) is 7.01. The Morgan fingerprint density at radius 3 is 2.67 bits per heavy atom. The second-order valence-corrected chi connectivity index (χ2v) is 5.72. The number of sulfonamides is 1. The quantitative estimate of drug-likeness (QED) is 0.260. The Kier molecular flexibility index (Phi) is 3.92. The number of nitrogens with one attached hydrogen (secondary N) is 1. The van der Waals surface area contributed by atoms with Gasteiger partial charge >= 0.3 is 0 Å². The van der Waals surface area contributed by atoms with Crippen LogP contribution in [0.2, 0.25) is 0 Å². The van der Waals surface area contributed by atoms with Crippen LogP contribution in [0.5, 0.6) is 0 Å². The second-order valence-electron chi connectivity index (χ2n) is 3.73.